The average molecular weight is 245 g/mol. The molecule has 2 N–H and O–H groups in total. The van der Waals surface area contributed by atoms with Crippen LogP contribution < -0.4 is 9.47 Å². The second-order valence-corrected chi connectivity index (χ2v) is 4.26. The van der Waals surface area contributed by atoms with Gasteiger partial charge in [0.15, 0.2) is 11.5 Å². The molecule has 0 unspecified atom stereocenters. The Kier molecular flexibility index (Phi) is 2.64. The van der Waals surface area contributed by atoms with E-state index in [0.29, 0.717) is 24.2 Å². The second-order valence-electron chi connectivity index (χ2n) is 3.85. The number of phenols is 1. The number of phenolic OH excluding ortho intramolecular Hbond substituents is 1. The molecule has 0 aliphatic heterocycles. The van der Waals surface area contributed by atoms with Crippen molar-refractivity contribution < 1.29 is 19.7 Å². The largest absolute Gasteiger partial charge is 0.504 e. The van der Waals surface area contributed by atoms with Gasteiger partial charge in [-0.3, -0.25) is 0 Å². The number of aromatic hydroxyl groups is 1. The van der Waals surface area contributed by atoms with Crippen LogP contribution in [0.25, 0.3) is 0 Å². The zero-order valence-corrected chi connectivity index (χ0v) is 9.84. The fourth-order valence-electron chi connectivity index (χ4n) is 1.76. The summed E-state index contributed by atoms with van der Waals surface area (Å²) in [4.78, 5) is 0. The lowest BCUT2D eigenvalue weighted by Gasteiger charge is -2.17. The molecule has 0 amide bonds. The molecule has 16 heavy (non-hydrogen) atoms. The predicted octanol–water partition coefficient (Wildman–Crippen LogP) is 2.04. The van der Waals surface area contributed by atoms with Gasteiger partial charge >= 0.3 is 0 Å². The summed E-state index contributed by atoms with van der Waals surface area (Å²) in [5.74, 6) is 0.395. The van der Waals surface area contributed by atoms with Gasteiger partial charge in [-0.15, -0.1) is 0 Å². The van der Waals surface area contributed by atoms with E-state index >= 15 is 0 Å². The third-order valence-corrected chi connectivity index (χ3v) is 3.08. The highest BCUT2D eigenvalue weighted by Crippen LogP contribution is 2.55. The maximum absolute atomic E-state index is 10.0. The summed E-state index contributed by atoms with van der Waals surface area (Å²) in [5, 5.41) is 20.3. The van der Waals surface area contributed by atoms with Crippen molar-refractivity contribution in [2.75, 3.05) is 14.2 Å². The number of ether oxygens (including phenoxy) is 2. The molecule has 0 aromatic heterocycles. The van der Waals surface area contributed by atoms with Gasteiger partial charge in [0.2, 0.25) is 5.75 Å². The molecule has 0 bridgehead atoms. The Bertz CT molecular complexity index is 426. The van der Waals surface area contributed by atoms with Crippen LogP contribution in [0.4, 0.5) is 0 Å². The van der Waals surface area contributed by atoms with Crippen LogP contribution in [0, 0.1) is 0 Å². The zero-order valence-electron chi connectivity index (χ0n) is 9.08. The average Bonchev–Trinajstić information content (AvgIpc) is 2.96. The normalized spacial score (nSPS) is 17.0. The molecule has 1 aliphatic rings. The van der Waals surface area contributed by atoms with Gasteiger partial charge in [-0.1, -0.05) is 11.6 Å². The van der Waals surface area contributed by atoms with Crippen LogP contribution in [0.1, 0.15) is 18.4 Å². The Morgan fingerprint density at radius 2 is 1.94 bits per heavy atom. The van der Waals surface area contributed by atoms with Crippen molar-refractivity contribution >= 4 is 11.6 Å². The number of benzene rings is 1. The number of rotatable bonds is 3. The molecule has 1 saturated carbocycles. The number of hydrogen-bond acceptors (Lipinski definition) is 4. The van der Waals surface area contributed by atoms with Crippen molar-refractivity contribution in [3.05, 3.63) is 16.7 Å². The fraction of sp³-hybridized carbons (Fsp3) is 0.455. The second kappa shape index (κ2) is 3.71. The quantitative estimate of drug-likeness (QED) is 0.854. The van der Waals surface area contributed by atoms with Crippen LogP contribution in [-0.2, 0) is 5.60 Å². The SMILES string of the molecule is COc1cc(Cl)c(C2(O)CC2)c(O)c1OC. The van der Waals surface area contributed by atoms with E-state index in [4.69, 9.17) is 21.1 Å². The van der Waals surface area contributed by atoms with Gasteiger partial charge in [-0.25, -0.2) is 0 Å². The molecular formula is C11H13ClO4. The van der Waals surface area contributed by atoms with Crippen molar-refractivity contribution in [1.29, 1.82) is 0 Å². The van der Waals surface area contributed by atoms with Crippen LogP contribution >= 0.6 is 11.6 Å². The predicted molar refractivity (Wildman–Crippen MR) is 59.4 cm³/mol. The van der Waals surface area contributed by atoms with E-state index in [1.54, 1.807) is 0 Å². The van der Waals surface area contributed by atoms with Gasteiger partial charge in [-0.2, -0.15) is 0 Å². The van der Waals surface area contributed by atoms with Crippen LogP contribution in [0.15, 0.2) is 6.07 Å². The minimum absolute atomic E-state index is 0.146. The van der Waals surface area contributed by atoms with E-state index in [0.717, 1.165) is 0 Å². The molecular weight excluding hydrogens is 232 g/mol. The molecule has 1 aromatic rings. The van der Waals surface area contributed by atoms with Crippen LogP contribution in [0.2, 0.25) is 5.02 Å². The highest BCUT2D eigenvalue weighted by molar-refractivity contribution is 6.32. The summed E-state index contributed by atoms with van der Waals surface area (Å²) in [5.41, 5.74) is -0.687. The molecule has 88 valence electrons. The minimum Gasteiger partial charge on any atom is -0.504 e. The first-order chi connectivity index (χ1) is 7.53. The highest BCUT2D eigenvalue weighted by atomic mass is 35.5. The number of aliphatic hydroxyl groups is 1. The Labute approximate surface area is 98.4 Å². The summed E-state index contributed by atoms with van der Waals surface area (Å²) >= 11 is 6.01. The maximum atomic E-state index is 10.0. The fourth-order valence-corrected chi connectivity index (χ4v) is 2.12. The Morgan fingerprint density at radius 1 is 1.31 bits per heavy atom. The lowest BCUT2D eigenvalue weighted by molar-refractivity contribution is 0.147. The first kappa shape index (κ1) is 11.4. The molecule has 1 fully saturated rings. The monoisotopic (exact) mass is 244 g/mol. The minimum atomic E-state index is -1.01. The molecule has 0 heterocycles. The zero-order chi connectivity index (χ0) is 11.9. The lowest BCUT2D eigenvalue weighted by Crippen LogP contribution is -2.07. The molecule has 5 heteroatoms. The number of halogens is 1. The third kappa shape index (κ3) is 1.58. The van der Waals surface area contributed by atoms with E-state index in [-0.39, 0.29) is 16.5 Å². The van der Waals surface area contributed by atoms with Gasteiger partial charge in [0, 0.05) is 11.6 Å². The summed E-state index contributed by atoms with van der Waals surface area (Å²) in [6, 6.07) is 1.53. The van der Waals surface area contributed by atoms with E-state index < -0.39 is 5.60 Å². The van der Waals surface area contributed by atoms with Crippen molar-refractivity contribution in [2.45, 2.75) is 18.4 Å². The van der Waals surface area contributed by atoms with Crippen LogP contribution in [0.5, 0.6) is 17.2 Å². The van der Waals surface area contributed by atoms with Crippen LogP contribution in [0.3, 0.4) is 0 Å². The lowest BCUT2D eigenvalue weighted by atomic mass is 10.1. The molecule has 4 nitrogen and oxygen atoms in total. The standard InChI is InChI=1S/C11H13ClO4/c1-15-7-5-6(12)8(11(14)3-4-11)9(13)10(7)16-2/h5,13-14H,3-4H2,1-2H3. The molecule has 0 atom stereocenters. The van der Waals surface area contributed by atoms with Crippen molar-refractivity contribution in [2.24, 2.45) is 0 Å². The first-order valence-electron chi connectivity index (χ1n) is 4.90. The summed E-state index contributed by atoms with van der Waals surface area (Å²) < 4.78 is 10.1. The summed E-state index contributed by atoms with van der Waals surface area (Å²) in [6.07, 6.45) is 1.19. The molecule has 0 spiro atoms. The Morgan fingerprint density at radius 3 is 2.38 bits per heavy atom. The molecule has 1 aromatic carbocycles. The third-order valence-electron chi connectivity index (χ3n) is 2.79. The first-order valence-corrected chi connectivity index (χ1v) is 5.27. The number of methoxy groups -OCH3 is 2. The van der Waals surface area contributed by atoms with Gasteiger partial charge in [0.1, 0.15) is 0 Å². The van der Waals surface area contributed by atoms with Gasteiger partial charge < -0.3 is 19.7 Å². The van der Waals surface area contributed by atoms with Gasteiger partial charge in [-0.05, 0) is 12.8 Å². The van der Waals surface area contributed by atoms with E-state index in [1.165, 1.54) is 20.3 Å². The van der Waals surface area contributed by atoms with E-state index in [9.17, 15) is 10.2 Å². The highest BCUT2D eigenvalue weighted by Gasteiger charge is 2.46. The summed E-state index contributed by atoms with van der Waals surface area (Å²) in [6.45, 7) is 0. The topological polar surface area (TPSA) is 58.9 Å². The van der Waals surface area contributed by atoms with Crippen molar-refractivity contribution in [1.82, 2.24) is 0 Å². The van der Waals surface area contributed by atoms with Crippen molar-refractivity contribution in [3.8, 4) is 17.2 Å². The smallest absolute Gasteiger partial charge is 0.203 e. The maximum Gasteiger partial charge on any atom is 0.203 e. The summed E-state index contributed by atoms with van der Waals surface area (Å²) in [7, 11) is 2.88. The van der Waals surface area contributed by atoms with Crippen LogP contribution in [-0.4, -0.2) is 24.4 Å². The molecule has 0 radical (unpaired) electrons. The number of hydrogen-bond donors (Lipinski definition) is 2. The Balaban J connectivity index is 2.62. The van der Waals surface area contributed by atoms with E-state index in [1.807, 2.05) is 0 Å². The molecule has 2 rings (SSSR count). The molecule has 1 aliphatic carbocycles. The van der Waals surface area contributed by atoms with E-state index in [2.05, 4.69) is 0 Å². The van der Waals surface area contributed by atoms with Gasteiger partial charge in [0.25, 0.3) is 0 Å². The Hall–Kier alpha value is -1.13. The van der Waals surface area contributed by atoms with Gasteiger partial charge in [0.05, 0.1) is 24.8 Å². The molecule has 0 saturated heterocycles. The van der Waals surface area contributed by atoms with Crippen molar-refractivity contribution in [3.63, 3.8) is 0 Å².